The quantitative estimate of drug-likeness (QED) is 0.486. The number of hydrogen-bond donors (Lipinski definition) is 1. The number of ketones is 1. The van der Waals surface area contributed by atoms with E-state index in [0.717, 1.165) is 24.2 Å². The molecule has 2 rings (SSSR count). The summed E-state index contributed by atoms with van der Waals surface area (Å²) in [6, 6.07) is 17.1. The van der Waals surface area contributed by atoms with Crippen LogP contribution in [0.4, 0.5) is 5.69 Å². The Hall–Kier alpha value is -2.62. The maximum Gasteiger partial charge on any atom is 0.292 e. The van der Waals surface area contributed by atoms with Gasteiger partial charge in [0, 0.05) is 31.4 Å². The molecule has 2 aromatic rings. The summed E-state index contributed by atoms with van der Waals surface area (Å²) in [7, 11) is 2.01. The number of benzene rings is 2. The monoisotopic (exact) mass is 310 g/mol. The van der Waals surface area contributed by atoms with Gasteiger partial charge in [-0.2, -0.15) is 0 Å². The van der Waals surface area contributed by atoms with E-state index in [2.05, 4.69) is 10.2 Å². The molecule has 0 bridgehead atoms. The summed E-state index contributed by atoms with van der Waals surface area (Å²) >= 11 is 0. The van der Waals surface area contributed by atoms with Gasteiger partial charge in [-0.05, 0) is 25.5 Å². The number of carbonyl (C=O) groups excluding carboxylic acids is 2. The Morgan fingerprint density at radius 3 is 2.30 bits per heavy atom. The molecule has 0 spiro atoms. The van der Waals surface area contributed by atoms with Crippen molar-refractivity contribution < 1.29 is 9.59 Å². The van der Waals surface area contributed by atoms with Crippen LogP contribution in [0.25, 0.3) is 0 Å². The lowest BCUT2D eigenvalue weighted by Crippen LogP contribution is -2.33. The number of carbonyl (C=O) groups is 2. The molecule has 4 nitrogen and oxygen atoms in total. The molecule has 0 aromatic heterocycles. The molecule has 2 aromatic carbocycles. The van der Waals surface area contributed by atoms with Crippen LogP contribution in [0.1, 0.15) is 22.3 Å². The lowest BCUT2D eigenvalue weighted by atomic mass is 10.1. The molecule has 4 heteroatoms. The largest absolute Gasteiger partial charge is 0.375 e. The highest BCUT2D eigenvalue weighted by atomic mass is 16.2. The summed E-state index contributed by atoms with van der Waals surface area (Å²) < 4.78 is 0. The standard InChI is InChI=1S/C19H22N2O2/c1-15-9-11-16(12-10-15)18(22)19(23)20-13-6-14-21(2)17-7-4-3-5-8-17/h3-5,7-12H,6,13-14H2,1-2H3,(H,20,23). The van der Waals surface area contributed by atoms with E-state index in [-0.39, 0.29) is 0 Å². The van der Waals surface area contributed by atoms with E-state index >= 15 is 0 Å². The molecule has 120 valence electrons. The minimum atomic E-state index is -0.545. The van der Waals surface area contributed by atoms with E-state index in [1.807, 2.05) is 56.4 Å². The number of aryl methyl sites for hydroxylation is 1. The highest BCUT2D eigenvalue weighted by Crippen LogP contribution is 2.10. The molecule has 0 radical (unpaired) electrons. The third kappa shape index (κ3) is 4.95. The number of anilines is 1. The Labute approximate surface area is 137 Å². The summed E-state index contributed by atoms with van der Waals surface area (Å²) in [6.45, 7) is 3.23. The van der Waals surface area contributed by atoms with Gasteiger partial charge < -0.3 is 10.2 Å². The van der Waals surface area contributed by atoms with Gasteiger partial charge in [-0.25, -0.2) is 0 Å². The molecule has 0 aliphatic heterocycles. The fourth-order valence-electron chi connectivity index (χ4n) is 2.25. The van der Waals surface area contributed by atoms with Gasteiger partial charge in [-0.15, -0.1) is 0 Å². The Morgan fingerprint density at radius 1 is 1.00 bits per heavy atom. The van der Waals surface area contributed by atoms with Crippen LogP contribution < -0.4 is 10.2 Å². The van der Waals surface area contributed by atoms with Crippen LogP contribution >= 0.6 is 0 Å². The third-order valence-corrected chi connectivity index (χ3v) is 3.67. The van der Waals surface area contributed by atoms with Gasteiger partial charge in [0.15, 0.2) is 0 Å². The van der Waals surface area contributed by atoms with E-state index in [9.17, 15) is 9.59 Å². The second-order valence-electron chi connectivity index (χ2n) is 5.56. The molecule has 0 aliphatic carbocycles. The predicted molar refractivity (Wildman–Crippen MR) is 92.8 cm³/mol. The predicted octanol–water partition coefficient (Wildman–Crippen LogP) is 2.82. The van der Waals surface area contributed by atoms with Crippen molar-refractivity contribution in [1.82, 2.24) is 5.32 Å². The number of para-hydroxylation sites is 1. The normalized spacial score (nSPS) is 10.2. The zero-order chi connectivity index (χ0) is 16.7. The van der Waals surface area contributed by atoms with Gasteiger partial charge in [0.2, 0.25) is 5.78 Å². The van der Waals surface area contributed by atoms with Gasteiger partial charge in [0.05, 0.1) is 0 Å². The van der Waals surface area contributed by atoms with Crippen LogP contribution in [0.2, 0.25) is 0 Å². The molecule has 0 heterocycles. The Kier molecular flexibility index (Phi) is 5.92. The number of rotatable bonds is 7. The fourth-order valence-corrected chi connectivity index (χ4v) is 2.25. The number of amides is 1. The van der Waals surface area contributed by atoms with E-state index in [1.165, 1.54) is 0 Å². The van der Waals surface area contributed by atoms with Crippen LogP contribution in [0.5, 0.6) is 0 Å². The summed E-state index contributed by atoms with van der Waals surface area (Å²) in [5.41, 5.74) is 2.62. The van der Waals surface area contributed by atoms with Crippen molar-refractivity contribution in [1.29, 1.82) is 0 Å². The number of nitrogens with zero attached hydrogens (tertiary/aromatic N) is 1. The highest BCUT2D eigenvalue weighted by molar-refractivity contribution is 6.42. The second-order valence-corrected chi connectivity index (χ2v) is 5.56. The Balaban J connectivity index is 1.74. The lowest BCUT2D eigenvalue weighted by molar-refractivity contribution is -0.117. The minimum Gasteiger partial charge on any atom is -0.375 e. The van der Waals surface area contributed by atoms with Gasteiger partial charge in [0.1, 0.15) is 0 Å². The average Bonchev–Trinajstić information content (AvgIpc) is 2.59. The molecule has 23 heavy (non-hydrogen) atoms. The van der Waals surface area contributed by atoms with Gasteiger partial charge in [-0.3, -0.25) is 9.59 Å². The van der Waals surface area contributed by atoms with Crippen molar-refractivity contribution in [3.8, 4) is 0 Å². The molecule has 1 N–H and O–H groups in total. The van der Waals surface area contributed by atoms with Crippen LogP contribution in [0.15, 0.2) is 54.6 Å². The van der Waals surface area contributed by atoms with Crippen molar-refractivity contribution in [2.75, 3.05) is 25.0 Å². The third-order valence-electron chi connectivity index (χ3n) is 3.67. The maximum atomic E-state index is 12.0. The molecule has 0 saturated carbocycles. The van der Waals surface area contributed by atoms with Crippen molar-refractivity contribution in [3.05, 3.63) is 65.7 Å². The van der Waals surface area contributed by atoms with Crippen LogP contribution in [0, 0.1) is 6.92 Å². The molecule has 0 atom stereocenters. The first-order valence-electron chi connectivity index (χ1n) is 7.73. The number of Topliss-reactive ketones (excluding diaryl/α,β-unsaturated/α-hetero) is 1. The molecule has 0 unspecified atom stereocenters. The zero-order valence-electron chi connectivity index (χ0n) is 13.6. The van der Waals surface area contributed by atoms with E-state index in [0.29, 0.717) is 12.1 Å². The van der Waals surface area contributed by atoms with E-state index < -0.39 is 11.7 Å². The van der Waals surface area contributed by atoms with E-state index in [1.54, 1.807) is 12.1 Å². The Morgan fingerprint density at radius 2 is 1.65 bits per heavy atom. The van der Waals surface area contributed by atoms with E-state index in [4.69, 9.17) is 0 Å². The highest BCUT2D eigenvalue weighted by Gasteiger charge is 2.15. The minimum absolute atomic E-state index is 0.425. The van der Waals surface area contributed by atoms with Crippen LogP contribution in [0.3, 0.4) is 0 Å². The molecular weight excluding hydrogens is 288 g/mol. The molecular formula is C19H22N2O2. The van der Waals surface area contributed by atoms with Crippen molar-refractivity contribution in [2.24, 2.45) is 0 Å². The molecule has 0 saturated heterocycles. The topological polar surface area (TPSA) is 49.4 Å². The molecule has 0 fully saturated rings. The Bertz CT molecular complexity index is 651. The summed E-state index contributed by atoms with van der Waals surface area (Å²) in [6.07, 6.45) is 0.776. The molecule has 0 aliphatic rings. The number of hydrogen-bond acceptors (Lipinski definition) is 3. The first-order valence-corrected chi connectivity index (χ1v) is 7.73. The van der Waals surface area contributed by atoms with Gasteiger partial charge >= 0.3 is 0 Å². The zero-order valence-corrected chi connectivity index (χ0v) is 13.6. The lowest BCUT2D eigenvalue weighted by Gasteiger charge is -2.19. The van der Waals surface area contributed by atoms with Gasteiger partial charge in [-0.1, -0.05) is 48.0 Å². The fraction of sp³-hybridized carbons (Fsp3) is 0.263. The van der Waals surface area contributed by atoms with Crippen molar-refractivity contribution in [2.45, 2.75) is 13.3 Å². The first kappa shape index (κ1) is 16.7. The second kappa shape index (κ2) is 8.13. The van der Waals surface area contributed by atoms with Crippen LogP contribution in [-0.2, 0) is 4.79 Å². The summed E-state index contributed by atoms with van der Waals surface area (Å²) in [5.74, 6) is -1.03. The first-order chi connectivity index (χ1) is 11.1. The smallest absolute Gasteiger partial charge is 0.292 e. The molecule has 1 amide bonds. The maximum absolute atomic E-state index is 12.0. The van der Waals surface area contributed by atoms with Gasteiger partial charge in [0.25, 0.3) is 5.91 Å². The van der Waals surface area contributed by atoms with Crippen molar-refractivity contribution in [3.63, 3.8) is 0 Å². The SMILES string of the molecule is Cc1ccc(C(=O)C(=O)NCCCN(C)c2ccccc2)cc1. The van der Waals surface area contributed by atoms with Crippen LogP contribution in [-0.4, -0.2) is 31.8 Å². The number of nitrogens with one attached hydrogen (secondary N) is 1. The average molecular weight is 310 g/mol. The summed E-state index contributed by atoms with van der Waals surface area (Å²) in [4.78, 5) is 26.0. The van der Waals surface area contributed by atoms with Crippen molar-refractivity contribution >= 4 is 17.4 Å². The summed E-state index contributed by atoms with van der Waals surface area (Å²) in [5, 5.41) is 2.69.